The topological polar surface area (TPSA) is 95.3 Å². The van der Waals surface area contributed by atoms with E-state index in [2.05, 4.69) is 22.4 Å². The number of thiophene rings is 1. The van der Waals surface area contributed by atoms with Gasteiger partial charge in [-0.3, -0.25) is 14.6 Å². The molecule has 0 radical (unpaired) electrons. The molecular weight excluding hydrogens is 448 g/mol. The van der Waals surface area contributed by atoms with Crippen molar-refractivity contribution in [3.05, 3.63) is 69.6 Å². The standard InChI is InChI=1S/C26H26N4O3S/c1-33-22-8-3-2-7-17(22)19-13-20(19)25(32)29-26-21(14-27)18-9-11-30(15-23(18)34-26)24(31)12-16-6-4-5-10-28-16/h3-6,8,10,19-20H,2,7,9,11-13,15H2,1H3,(H,29,32). The van der Waals surface area contributed by atoms with E-state index in [1.807, 2.05) is 29.2 Å². The van der Waals surface area contributed by atoms with Crippen molar-refractivity contribution in [1.82, 2.24) is 9.88 Å². The number of pyridine rings is 1. The number of aromatic nitrogens is 1. The summed E-state index contributed by atoms with van der Waals surface area (Å²) in [6, 6.07) is 7.84. The fraction of sp³-hybridized carbons (Fsp3) is 0.385. The number of allylic oxidation sites excluding steroid dienone is 3. The smallest absolute Gasteiger partial charge is 0.228 e. The molecule has 1 N–H and O–H groups in total. The van der Waals surface area contributed by atoms with E-state index in [9.17, 15) is 14.9 Å². The number of fused-ring (bicyclic) bond motifs is 1. The Morgan fingerprint density at radius 3 is 3.00 bits per heavy atom. The van der Waals surface area contributed by atoms with Gasteiger partial charge in [0.15, 0.2) is 0 Å². The number of rotatable bonds is 6. The van der Waals surface area contributed by atoms with Crippen molar-refractivity contribution in [3.8, 4) is 6.07 Å². The second kappa shape index (κ2) is 9.43. The Kier molecular flexibility index (Phi) is 6.20. The Morgan fingerprint density at radius 1 is 1.35 bits per heavy atom. The van der Waals surface area contributed by atoms with Gasteiger partial charge in [-0.1, -0.05) is 12.1 Å². The predicted octanol–water partition coefficient (Wildman–Crippen LogP) is 3.97. The third-order valence-electron chi connectivity index (χ3n) is 6.78. The van der Waals surface area contributed by atoms with E-state index >= 15 is 0 Å². The SMILES string of the molecule is COC1=C(C2CC2C(=O)Nc2sc3c(c2C#N)CCN(C(=O)Cc2ccccn2)C3)CCC=C1. The molecule has 0 bridgehead atoms. The van der Waals surface area contributed by atoms with Gasteiger partial charge in [0, 0.05) is 29.2 Å². The Bertz CT molecular complexity index is 1220. The van der Waals surface area contributed by atoms with Crippen LogP contribution in [0.1, 0.15) is 41.0 Å². The summed E-state index contributed by atoms with van der Waals surface area (Å²) in [5.41, 5.74) is 3.46. The highest BCUT2D eigenvalue weighted by Gasteiger charge is 2.46. The van der Waals surface area contributed by atoms with E-state index in [-0.39, 0.29) is 30.1 Å². The number of nitrogens with zero attached hydrogens (tertiary/aromatic N) is 3. The molecule has 2 aromatic heterocycles. The van der Waals surface area contributed by atoms with Crippen LogP contribution in [-0.4, -0.2) is 35.4 Å². The van der Waals surface area contributed by atoms with Crippen molar-refractivity contribution in [2.75, 3.05) is 19.0 Å². The lowest BCUT2D eigenvalue weighted by atomic mass is 9.98. The molecule has 7 nitrogen and oxygen atoms in total. The minimum atomic E-state index is -0.0891. The van der Waals surface area contributed by atoms with Crippen molar-refractivity contribution >= 4 is 28.2 Å². The third-order valence-corrected chi connectivity index (χ3v) is 7.91. The number of hydrogen-bond acceptors (Lipinski definition) is 6. The molecule has 1 aliphatic heterocycles. The van der Waals surface area contributed by atoms with Crippen LogP contribution in [0.5, 0.6) is 0 Å². The van der Waals surface area contributed by atoms with Crippen LogP contribution < -0.4 is 5.32 Å². The average Bonchev–Trinajstić information content (AvgIpc) is 3.59. The average molecular weight is 475 g/mol. The quantitative estimate of drug-likeness (QED) is 0.684. The molecule has 3 heterocycles. The number of hydrogen-bond donors (Lipinski definition) is 1. The van der Waals surface area contributed by atoms with Crippen molar-refractivity contribution in [2.24, 2.45) is 11.8 Å². The number of methoxy groups -OCH3 is 1. The summed E-state index contributed by atoms with van der Waals surface area (Å²) in [6.07, 6.45) is 9.35. The zero-order valence-electron chi connectivity index (χ0n) is 19.0. The lowest BCUT2D eigenvalue weighted by Gasteiger charge is -2.27. The van der Waals surface area contributed by atoms with E-state index in [0.29, 0.717) is 30.1 Å². The molecule has 2 atom stereocenters. The Balaban J connectivity index is 1.27. The van der Waals surface area contributed by atoms with E-state index in [1.54, 1.807) is 13.3 Å². The van der Waals surface area contributed by atoms with Gasteiger partial charge in [-0.15, -0.1) is 11.3 Å². The number of amides is 2. The van der Waals surface area contributed by atoms with Gasteiger partial charge in [0.2, 0.25) is 11.8 Å². The second-order valence-corrected chi connectivity index (χ2v) is 9.96. The maximum Gasteiger partial charge on any atom is 0.228 e. The van der Waals surface area contributed by atoms with E-state index in [4.69, 9.17) is 4.74 Å². The Morgan fingerprint density at radius 2 is 2.24 bits per heavy atom. The summed E-state index contributed by atoms with van der Waals surface area (Å²) in [4.78, 5) is 32.8. The second-order valence-electron chi connectivity index (χ2n) is 8.86. The molecule has 1 fully saturated rings. The highest BCUT2D eigenvalue weighted by molar-refractivity contribution is 7.16. The summed E-state index contributed by atoms with van der Waals surface area (Å²) in [5.74, 6) is 0.979. The van der Waals surface area contributed by atoms with Crippen LogP contribution in [0.15, 0.2) is 47.9 Å². The molecule has 1 saturated carbocycles. The molecule has 0 saturated heterocycles. The maximum atomic E-state index is 13.0. The van der Waals surface area contributed by atoms with E-state index < -0.39 is 0 Å². The predicted molar refractivity (Wildman–Crippen MR) is 129 cm³/mol. The van der Waals surface area contributed by atoms with Gasteiger partial charge in [0.1, 0.15) is 16.8 Å². The number of nitriles is 1. The van der Waals surface area contributed by atoms with Gasteiger partial charge in [-0.25, -0.2) is 0 Å². The van der Waals surface area contributed by atoms with Gasteiger partial charge < -0.3 is 15.0 Å². The van der Waals surface area contributed by atoms with Gasteiger partial charge in [-0.05, 0) is 60.9 Å². The number of ether oxygens (including phenoxy) is 1. The fourth-order valence-corrected chi connectivity index (χ4v) is 6.11. The first-order chi connectivity index (χ1) is 16.6. The van der Waals surface area contributed by atoms with Gasteiger partial charge >= 0.3 is 0 Å². The summed E-state index contributed by atoms with van der Waals surface area (Å²) >= 11 is 1.42. The number of anilines is 1. The van der Waals surface area contributed by atoms with Crippen LogP contribution in [0.3, 0.4) is 0 Å². The van der Waals surface area contributed by atoms with Crippen LogP contribution in [0, 0.1) is 23.2 Å². The van der Waals surface area contributed by atoms with Crippen LogP contribution in [-0.2, 0) is 33.7 Å². The molecule has 2 amide bonds. The first kappa shape index (κ1) is 22.4. The van der Waals surface area contributed by atoms with Crippen molar-refractivity contribution in [3.63, 3.8) is 0 Å². The minimum Gasteiger partial charge on any atom is -0.497 e. The van der Waals surface area contributed by atoms with Gasteiger partial charge in [0.25, 0.3) is 0 Å². The third kappa shape index (κ3) is 4.36. The van der Waals surface area contributed by atoms with Crippen molar-refractivity contribution in [2.45, 2.75) is 38.6 Å². The Labute approximate surface area is 202 Å². The molecule has 0 spiro atoms. The van der Waals surface area contributed by atoms with Crippen LogP contribution in [0.2, 0.25) is 0 Å². The monoisotopic (exact) mass is 474 g/mol. The van der Waals surface area contributed by atoms with Crippen LogP contribution in [0.25, 0.3) is 0 Å². The van der Waals surface area contributed by atoms with E-state index in [0.717, 1.165) is 41.2 Å². The van der Waals surface area contributed by atoms with E-state index in [1.165, 1.54) is 16.9 Å². The summed E-state index contributed by atoms with van der Waals surface area (Å²) in [6.45, 7) is 1.02. The highest BCUT2D eigenvalue weighted by Crippen LogP contribution is 2.49. The number of carbonyl (C=O) groups is 2. The Hall–Kier alpha value is -3.44. The molecule has 0 aromatic carbocycles. The first-order valence-electron chi connectivity index (χ1n) is 11.6. The minimum absolute atomic E-state index is 0.0198. The lowest BCUT2D eigenvalue weighted by molar-refractivity contribution is -0.131. The molecule has 8 heteroatoms. The van der Waals surface area contributed by atoms with Crippen molar-refractivity contribution in [1.29, 1.82) is 5.26 Å². The molecule has 5 rings (SSSR count). The first-order valence-corrected chi connectivity index (χ1v) is 12.4. The van der Waals surface area contributed by atoms with Crippen LogP contribution >= 0.6 is 11.3 Å². The van der Waals surface area contributed by atoms with Gasteiger partial charge in [-0.2, -0.15) is 5.26 Å². The molecule has 2 aromatic rings. The van der Waals surface area contributed by atoms with Crippen LogP contribution in [0.4, 0.5) is 5.00 Å². The number of carbonyl (C=O) groups excluding carboxylic acids is 2. The molecule has 3 aliphatic rings. The molecule has 2 aliphatic carbocycles. The normalized spacial score (nSPS) is 21.0. The lowest BCUT2D eigenvalue weighted by Crippen LogP contribution is -2.36. The summed E-state index contributed by atoms with van der Waals surface area (Å²) < 4.78 is 5.49. The van der Waals surface area contributed by atoms with Crippen molar-refractivity contribution < 1.29 is 14.3 Å². The summed E-state index contributed by atoms with van der Waals surface area (Å²) in [5, 5.41) is 13.4. The molecule has 174 valence electrons. The highest BCUT2D eigenvalue weighted by atomic mass is 32.1. The fourth-order valence-electron chi connectivity index (χ4n) is 4.89. The zero-order chi connectivity index (χ0) is 23.7. The largest absolute Gasteiger partial charge is 0.497 e. The maximum absolute atomic E-state index is 13.0. The number of nitrogens with one attached hydrogen (secondary N) is 1. The molecular formula is C26H26N4O3S. The molecule has 34 heavy (non-hydrogen) atoms. The zero-order valence-corrected chi connectivity index (χ0v) is 19.9. The molecule has 2 unspecified atom stereocenters. The summed E-state index contributed by atoms with van der Waals surface area (Å²) in [7, 11) is 1.67. The van der Waals surface area contributed by atoms with Gasteiger partial charge in [0.05, 0.1) is 25.6 Å².